The van der Waals surface area contributed by atoms with E-state index in [0.717, 1.165) is 18.8 Å². The van der Waals surface area contributed by atoms with Crippen molar-refractivity contribution in [1.29, 1.82) is 0 Å². The van der Waals surface area contributed by atoms with Crippen LogP contribution >= 0.6 is 0 Å². The first-order valence-electron chi connectivity index (χ1n) is 6.15. The highest BCUT2D eigenvalue weighted by Gasteiger charge is 2.23. The SMILES string of the molecule is CCOCC([O])OC1CCC(CC)CC1. The molecule has 0 aliphatic heterocycles. The third kappa shape index (κ3) is 4.96. The van der Waals surface area contributed by atoms with Gasteiger partial charge >= 0.3 is 0 Å². The molecule has 89 valence electrons. The number of rotatable bonds is 6. The molecule has 15 heavy (non-hydrogen) atoms. The molecule has 1 atom stereocenters. The molecule has 0 heterocycles. The van der Waals surface area contributed by atoms with E-state index in [1.165, 1.54) is 19.3 Å². The Hall–Kier alpha value is -0.120. The molecule has 1 saturated carbocycles. The molecule has 1 aliphatic rings. The topological polar surface area (TPSA) is 38.4 Å². The van der Waals surface area contributed by atoms with Gasteiger partial charge in [0.05, 0.1) is 6.10 Å². The van der Waals surface area contributed by atoms with Crippen molar-refractivity contribution in [2.24, 2.45) is 5.92 Å². The highest BCUT2D eigenvalue weighted by atomic mass is 16.6. The van der Waals surface area contributed by atoms with E-state index in [4.69, 9.17) is 9.47 Å². The predicted molar refractivity (Wildman–Crippen MR) is 58.1 cm³/mol. The van der Waals surface area contributed by atoms with Crippen molar-refractivity contribution in [2.75, 3.05) is 13.2 Å². The molecule has 1 radical (unpaired) electrons. The Kier molecular flexibility index (Phi) is 6.22. The zero-order chi connectivity index (χ0) is 11.1. The maximum absolute atomic E-state index is 11.4. The molecule has 0 amide bonds. The first kappa shape index (κ1) is 12.9. The molecule has 1 fully saturated rings. The highest BCUT2D eigenvalue weighted by Crippen LogP contribution is 2.28. The van der Waals surface area contributed by atoms with E-state index in [1.54, 1.807) is 0 Å². The van der Waals surface area contributed by atoms with Crippen LogP contribution in [0.4, 0.5) is 0 Å². The molecule has 0 aromatic rings. The summed E-state index contributed by atoms with van der Waals surface area (Å²) in [6, 6.07) is 0. The molecule has 0 aromatic heterocycles. The van der Waals surface area contributed by atoms with Crippen molar-refractivity contribution in [3.8, 4) is 0 Å². The Labute approximate surface area is 92.8 Å². The second-order valence-electron chi connectivity index (χ2n) is 4.28. The van der Waals surface area contributed by atoms with E-state index in [0.29, 0.717) is 6.61 Å². The normalized spacial score (nSPS) is 29.0. The van der Waals surface area contributed by atoms with Crippen LogP contribution < -0.4 is 0 Å². The summed E-state index contributed by atoms with van der Waals surface area (Å²) in [5.41, 5.74) is 0. The summed E-state index contributed by atoms with van der Waals surface area (Å²) in [5, 5.41) is 11.4. The Balaban J connectivity index is 2.12. The molecule has 1 unspecified atom stereocenters. The van der Waals surface area contributed by atoms with Crippen LogP contribution in [0.15, 0.2) is 0 Å². The lowest BCUT2D eigenvalue weighted by Gasteiger charge is -2.28. The minimum Gasteiger partial charge on any atom is -0.376 e. The van der Waals surface area contributed by atoms with Gasteiger partial charge in [-0.25, -0.2) is 0 Å². The largest absolute Gasteiger partial charge is 0.376 e. The molecule has 0 N–H and O–H groups in total. The second-order valence-corrected chi connectivity index (χ2v) is 4.28. The summed E-state index contributed by atoms with van der Waals surface area (Å²) >= 11 is 0. The lowest BCUT2D eigenvalue weighted by Crippen LogP contribution is -2.28. The smallest absolute Gasteiger partial charge is 0.215 e. The summed E-state index contributed by atoms with van der Waals surface area (Å²) in [6.45, 7) is 4.89. The van der Waals surface area contributed by atoms with E-state index < -0.39 is 6.29 Å². The summed E-state index contributed by atoms with van der Waals surface area (Å²) in [5.74, 6) is 0.849. The fourth-order valence-electron chi connectivity index (χ4n) is 2.14. The standard InChI is InChI=1S/C12H23O3/c1-3-10-5-7-11(8-6-10)15-12(13)9-14-4-2/h10-12H,3-9H2,1-2H3. The summed E-state index contributed by atoms with van der Waals surface area (Å²) in [6.07, 6.45) is 4.95. The fraction of sp³-hybridized carbons (Fsp3) is 1.00. The molecule has 0 bridgehead atoms. The number of hydrogen-bond donors (Lipinski definition) is 0. The first-order valence-corrected chi connectivity index (χ1v) is 6.15. The fourth-order valence-corrected chi connectivity index (χ4v) is 2.14. The summed E-state index contributed by atoms with van der Waals surface area (Å²) in [7, 11) is 0. The Morgan fingerprint density at radius 1 is 1.20 bits per heavy atom. The van der Waals surface area contributed by atoms with Crippen LogP contribution in [-0.4, -0.2) is 25.6 Å². The van der Waals surface area contributed by atoms with Gasteiger partial charge in [0.2, 0.25) is 6.29 Å². The van der Waals surface area contributed by atoms with Crippen LogP contribution in [0.2, 0.25) is 0 Å². The zero-order valence-corrected chi connectivity index (χ0v) is 9.91. The van der Waals surface area contributed by atoms with E-state index in [1.807, 2.05) is 6.92 Å². The van der Waals surface area contributed by atoms with Gasteiger partial charge in [0.15, 0.2) is 0 Å². The van der Waals surface area contributed by atoms with Crippen molar-refractivity contribution in [3.63, 3.8) is 0 Å². The van der Waals surface area contributed by atoms with Crippen LogP contribution in [0.25, 0.3) is 0 Å². The molecule has 1 aliphatic carbocycles. The molecule has 0 spiro atoms. The Morgan fingerprint density at radius 3 is 2.40 bits per heavy atom. The van der Waals surface area contributed by atoms with Gasteiger partial charge in [-0.05, 0) is 38.5 Å². The van der Waals surface area contributed by atoms with Gasteiger partial charge in [0.1, 0.15) is 6.61 Å². The van der Waals surface area contributed by atoms with Crippen LogP contribution in [0.3, 0.4) is 0 Å². The molecule has 3 nitrogen and oxygen atoms in total. The summed E-state index contributed by atoms with van der Waals surface area (Å²) < 4.78 is 10.4. The van der Waals surface area contributed by atoms with E-state index >= 15 is 0 Å². The van der Waals surface area contributed by atoms with Crippen molar-refractivity contribution < 1.29 is 14.6 Å². The van der Waals surface area contributed by atoms with E-state index in [2.05, 4.69) is 6.92 Å². The third-order valence-corrected chi connectivity index (χ3v) is 3.17. The first-order chi connectivity index (χ1) is 7.26. The molecular formula is C12H23O3. The maximum atomic E-state index is 11.4. The Bertz CT molecular complexity index is 153. The molecular weight excluding hydrogens is 192 g/mol. The molecule has 1 rings (SSSR count). The van der Waals surface area contributed by atoms with Gasteiger partial charge in [0, 0.05) is 6.61 Å². The van der Waals surface area contributed by atoms with Crippen molar-refractivity contribution in [2.45, 2.75) is 58.3 Å². The van der Waals surface area contributed by atoms with Crippen molar-refractivity contribution >= 4 is 0 Å². The lowest BCUT2D eigenvalue weighted by atomic mass is 9.86. The molecule has 0 aromatic carbocycles. The second kappa shape index (κ2) is 7.20. The number of ether oxygens (including phenoxy) is 2. The van der Waals surface area contributed by atoms with Gasteiger partial charge in [-0.15, -0.1) is 0 Å². The maximum Gasteiger partial charge on any atom is 0.215 e. The lowest BCUT2D eigenvalue weighted by molar-refractivity contribution is -0.202. The number of hydrogen-bond acceptors (Lipinski definition) is 2. The van der Waals surface area contributed by atoms with Gasteiger partial charge in [-0.3, -0.25) is 0 Å². The molecule has 3 heteroatoms. The highest BCUT2D eigenvalue weighted by molar-refractivity contribution is 4.72. The van der Waals surface area contributed by atoms with Crippen LogP contribution in [0.5, 0.6) is 0 Å². The molecule has 0 saturated heterocycles. The zero-order valence-electron chi connectivity index (χ0n) is 9.91. The van der Waals surface area contributed by atoms with Crippen LogP contribution in [-0.2, 0) is 14.6 Å². The van der Waals surface area contributed by atoms with Crippen molar-refractivity contribution in [1.82, 2.24) is 0 Å². The third-order valence-electron chi connectivity index (χ3n) is 3.17. The van der Waals surface area contributed by atoms with Crippen LogP contribution in [0, 0.1) is 5.92 Å². The average molecular weight is 215 g/mol. The van der Waals surface area contributed by atoms with Gasteiger partial charge in [-0.1, -0.05) is 13.3 Å². The summed E-state index contributed by atoms with van der Waals surface area (Å²) in [4.78, 5) is 0. The average Bonchev–Trinajstić information content (AvgIpc) is 2.27. The van der Waals surface area contributed by atoms with Crippen LogP contribution in [0.1, 0.15) is 46.0 Å². The quantitative estimate of drug-likeness (QED) is 0.639. The minimum absolute atomic E-state index is 0.177. The van der Waals surface area contributed by atoms with E-state index in [9.17, 15) is 5.11 Å². The van der Waals surface area contributed by atoms with E-state index in [-0.39, 0.29) is 12.7 Å². The van der Waals surface area contributed by atoms with Crippen molar-refractivity contribution in [3.05, 3.63) is 0 Å². The Morgan fingerprint density at radius 2 is 1.87 bits per heavy atom. The predicted octanol–water partition coefficient (Wildman–Crippen LogP) is 2.76. The van der Waals surface area contributed by atoms with Gasteiger partial charge in [-0.2, -0.15) is 5.11 Å². The minimum atomic E-state index is -0.992. The van der Waals surface area contributed by atoms with Gasteiger partial charge in [0.25, 0.3) is 0 Å². The van der Waals surface area contributed by atoms with Gasteiger partial charge < -0.3 is 9.47 Å². The monoisotopic (exact) mass is 215 g/mol.